The molecular formula is C19H20ClN3OS. The predicted molar refractivity (Wildman–Crippen MR) is 103 cm³/mol. The molecule has 0 radical (unpaired) electrons. The molecule has 3 aromatic rings. The van der Waals surface area contributed by atoms with Crippen LogP contribution in [0, 0.1) is 6.92 Å². The minimum Gasteiger partial charge on any atom is -0.496 e. The molecule has 2 aromatic carbocycles. The first-order valence-corrected chi connectivity index (χ1v) is 9.44. The number of benzene rings is 2. The summed E-state index contributed by atoms with van der Waals surface area (Å²) in [5.41, 5.74) is 3.35. The van der Waals surface area contributed by atoms with Gasteiger partial charge in [-0.15, -0.1) is 10.2 Å². The Kier molecular flexibility index (Phi) is 5.66. The molecule has 0 bridgehead atoms. The third-order valence-electron chi connectivity index (χ3n) is 4.02. The van der Waals surface area contributed by atoms with Crippen molar-refractivity contribution in [2.45, 2.75) is 31.3 Å². The molecule has 0 amide bonds. The first kappa shape index (κ1) is 17.8. The zero-order valence-electron chi connectivity index (χ0n) is 14.5. The fourth-order valence-corrected chi connectivity index (χ4v) is 3.88. The lowest BCUT2D eigenvalue weighted by molar-refractivity contribution is 0.411. The topological polar surface area (TPSA) is 39.9 Å². The molecule has 0 unspecified atom stereocenters. The third-order valence-corrected chi connectivity index (χ3v) is 5.27. The molecule has 25 heavy (non-hydrogen) atoms. The van der Waals surface area contributed by atoms with Gasteiger partial charge >= 0.3 is 0 Å². The van der Waals surface area contributed by atoms with Crippen molar-refractivity contribution in [2.75, 3.05) is 7.11 Å². The first-order valence-electron chi connectivity index (χ1n) is 8.08. The van der Waals surface area contributed by atoms with Crippen molar-refractivity contribution in [3.63, 3.8) is 0 Å². The van der Waals surface area contributed by atoms with Gasteiger partial charge < -0.3 is 9.30 Å². The predicted octanol–water partition coefficient (Wildman–Crippen LogP) is 5.23. The molecule has 0 fully saturated rings. The van der Waals surface area contributed by atoms with Gasteiger partial charge in [0.1, 0.15) is 5.75 Å². The van der Waals surface area contributed by atoms with Gasteiger partial charge in [0.25, 0.3) is 0 Å². The summed E-state index contributed by atoms with van der Waals surface area (Å²) in [5, 5.41) is 10.4. The van der Waals surface area contributed by atoms with Gasteiger partial charge in [0.15, 0.2) is 11.0 Å². The summed E-state index contributed by atoms with van der Waals surface area (Å²) in [7, 11) is 1.67. The second kappa shape index (κ2) is 7.93. The fourth-order valence-electron chi connectivity index (χ4n) is 2.71. The Balaban J connectivity index is 1.87. The summed E-state index contributed by atoms with van der Waals surface area (Å²) in [5.74, 6) is 2.45. The molecule has 0 atom stereocenters. The lowest BCUT2D eigenvalue weighted by Crippen LogP contribution is -2.01. The van der Waals surface area contributed by atoms with E-state index >= 15 is 0 Å². The summed E-state index contributed by atoms with van der Waals surface area (Å²) < 4.78 is 7.56. The Morgan fingerprint density at radius 1 is 1.16 bits per heavy atom. The van der Waals surface area contributed by atoms with Crippen LogP contribution >= 0.6 is 23.4 Å². The van der Waals surface area contributed by atoms with Crippen molar-refractivity contribution in [1.82, 2.24) is 14.8 Å². The zero-order valence-corrected chi connectivity index (χ0v) is 16.1. The van der Waals surface area contributed by atoms with Crippen LogP contribution in [0.5, 0.6) is 5.75 Å². The number of halogens is 1. The summed E-state index contributed by atoms with van der Waals surface area (Å²) in [6.07, 6.45) is 0. The normalized spacial score (nSPS) is 10.9. The van der Waals surface area contributed by atoms with Crippen molar-refractivity contribution in [3.8, 4) is 17.1 Å². The van der Waals surface area contributed by atoms with Gasteiger partial charge in [0, 0.05) is 28.4 Å². The Morgan fingerprint density at radius 2 is 1.96 bits per heavy atom. The average Bonchev–Trinajstić information content (AvgIpc) is 3.03. The molecule has 0 N–H and O–H groups in total. The highest BCUT2D eigenvalue weighted by molar-refractivity contribution is 7.98. The van der Waals surface area contributed by atoms with Gasteiger partial charge in [-0.1, -0.05) is 47.6 Å². The molecule has 0 saturated heterocycles. The van der Waals surface area contributed by atoms with Crippen molar-refractivity contribution < 1.29 is 4.74 Å². The van der Waals surface area contributed by atoms with Gasteiger partial charge in [-0.3, -0.25) is 0 Å². The largest absolute Gasteiger partial charge is 0.496 e. The minimum absolute atomic E-state index is 0.703. The van der Waals surface area contributed by atoms with Gasteiger partial charge in [-0.25, -0.2) is 0 Å². The number of methoxy groups -OCH3 is 1. The van der Waals surface area contributed by atoms with Crippen LogP contribution in [-0.2, 0) is 12.3 Å². The van der Waals surface area contributed by atoms with Gasteiger partial charge in [-0.05, 0) is 37.6 Å². The molecule has 0 saturated carbocycles. The average molecular weight is 374 g/mol. The number of thioether (sulfide) groups is 1. The van der Waals surface area contributed by atoms with E-state index in [4.69, 9.17) is 16.3 Å². The van der Waals surface area contributed by atoms with E-state index in [2.05, 4.69) is 40.7 Å². The van der Waals surface area contributed by atoms with E-state index < -0.39 is 0 Å². The van der Waals surface area contributed by atoms with Crippen LogP contribution in [0.2, 0.25) is 5.02 Å². The van der Waals surface area contributed by atoms with E-state index in [1.54, 1.807) is 18.9 Å². The zero-order chi connectivity index (χ0) is 17.8. The number of hydrogen-bond donors (Lipinski definition) is 0. The molecule has 0 spiro atoms. The van der Waals surface area contributed by atoms with E-state index in [0.29, 0.717) is 5.02 Å². The summed E-state index contributed by atoms with van der Waals surface area (Å²) >= 11 is 7.75. The Bertz CT molecular complexity index is 879. The molecule has 4 nitrogen and oxygen atoms in total. The molecule has 6 heteroatoms. The van der Waals surface area contributed by atoms with Crippen LogP contribution < -0.4 is 4.74 Å². The maximum Gasteiger partial charge on any atom is 0.191 e. The molecule has 130 valence electrons. The molecule has 1 aromatic heterocycles. The quantitative estimate of drug-likeness (QED) is 0.555. The van der Waals surface area contributed by atoms with E-state index in [-0.39, 0.29) is 0 Å². The molecule has 0 aliphatic rings. The lowest BCUT2D eigenvalue weighted by atomic mass is 10.1. The van der Waals surface area contributed by atoms with E-state index in [1.165, 1.54) is 5.56 Å². The SMILES string of the molecule is CCn1c(SCc2cc(Cl)ccc2OC)nnc1-c1ccccc1C. The van der Waals surface area contributed by atoms with Crippen molar-refractivity contribution in [1.29, 1.82) is 0 Å². The summed E-state index contributed by atoms with van der Waals surface area (Å²) in [6.45, 7) is 5.01. The lowest BCUT2D eigenvalue weighted by Gasteiger charge is -2.10. The standard InChI is InChI=1S/C19H20ClN3OS/c1-4-23-18(16-8-6-5-7-13(16)2)21-22-19(23)25-12-14-11-15(20)9-10-17(14)24-3/h5-11H,4,12H2,1-3H3. The van der Waals surface area contributed by atoms with E-state index in [9.17, 15) is 0 Å². The Labute approximate surface area is 157 Å². The van der Waals surface area contributed by atoms with Crippen LogP contribution in [0.15, 0.2) is 47.6 Å². The molecule has 1 heterocycles. The highest BCUT2D eigenvalue weighted by Crippen LogP contribution is 2.31. The molecule has 0 aliphatic carbocycles. The number of aryl methyl sites for hydroxylation is 1. The number of rotatable bonds is 6. The maximum atomic E-state index is 6.12. The van der Waals surface area contributed by atoms with Crippen molar-refractivity contribution in [2.24, 2.45) is 0 Å². The number of nitrogens with zero attached hydrogens (tertiary/aromatic N) is 3. The van der Waals surface area contributed by atoms with Crippen LogP contribution in [0.3, 0.4) is 0 Å². The molecule has 3 rings (SSSR count). The second-order valence-corrected chi connectivity index (χ2v) is 6.99. The molecule has 0 aliphatic heterocycles. The maximum absolute atomic E-state index is 6.12. The second-order valence-electron chi connectivity index (χ2n) is 5.61. The fraction of sp³-hybridized carbons (Fsp3) is 0.263. The smallest absolute Gasteiger partial charge is 0.191 e. The van der Waals surface area contributed by atoms with E-state index in [1.807, 2.05) is 30.3 Å². The van der Waals surface area contributed by atoms with Gasteiger partial charge in [-0.2, -0.15) is 0 Å². The van der Waals surface area contributed by atoms with Crippen molar-refractivity contribution >= 4 is 23.4 Å². The van der Waals surface area contributed by atoms with Gasteiger partial charge in [0.05, 0.1) is 7.11 Å². The van der Waals surface area contributed by atoms with Crippen LogP contribution in [-0.4, -0.2) is 21.9 Å². The van der Waals surface area contributed by atoms with Gasteiger partial charge in [0.2, 0.25) is 0 Å². The first-order chi connectivity index (χ1) is 12.1. The van der Waals surface area contributed by atoms with E-state index in [0.717, 1.165) is 40.2 Å². The Morgan fingerprint density at radius 3 is 2.68 bits per heavy atom. The van der Waals surface area contributed by atoms with Crippen LogP contribution in [0.4, 0.5) is 0 Å². The monoisotopic (exact) mass is 373 g/mol. The number of hydrogen-bond acceptors (Lipinski definition) is 4. The third kappa shape index (κ3) is 3.83. The van der Waals surface area contributed by atoms with Crippen molar-refractivity contribution in [3.05, 3.63) is 58.6 Å². The number of ether oxygens (including phenoxy) is 1. The van der Waals surface area contributed by atoms with Crippen LogP contribution in [0.1, 0.15) is 18.1 Å². The molecular weight excluding hydrogens is 354 g/mol. The number of aromatic nitrogens is 3. The highest BCUT2D eigenvalue weighted by Gasteiger charge is 2.15. The van der Waals surface area contributed by atoms with Crippen LogP contribution in [0.25, 0.3) is 11.4 Å². The summed E-state index contributed by atoms with van der Waals surface area (Å²) in [4.78, 5) is 0. The Hall–Kier alpha value is -1.98. The summed E-state index contributed by atoms with van der Waals surface area (Å²) in [6, 6.07) is 13.9. The highest BCUT2D eigenvalue weighted by atomic mass is 35.5. The minimum atomic E-state index is 0.703.